The number of aryl methyl sites for hydroxylation is 2. The van der Waals surface area contributed by atoms with Gasteiger partial charge in [-0.2, -0.15) is 5.21 Å². The number of hydrogen-bond acceptors (Lipinski definition) is 6. The molecule has 0 unspecified atom stereocenters. The van der Waals surface area contributed by atoms with Crippen LogP contribution in [-0.4, -0.2) is 42.6 Å². The van der Waals surface area contributed by atoms with Gasteiger partial charge in [0.1, 0.15) is 5.82 Å². The van der Waals surface area contributed by atoms with Gasteiger partial charge >= 0.3 is 0 Å². The SMILES string of the molecule is CCCCc1nc2ccc(C)cc2c(=O)n1Cc1ccc2c(c1)CCN2C(=O)c1ccccc1-c1nn[nH]n1. The van der Waals surface area contributed by atoms with Crippen molar-refractivity contribution in [2.75, 3.05) is 11.4 Å². The second kappa shape index (κ2) is 10.2. The average Bonchev–Trinajstić information content (AvgIpc) is 3.64. The maximum absolute atomic E-state index is 13.6. The van der Waals surface area contributed by atoms with Crippen molar-refractivity contribution in [2.24, 2.45) is 0 Å². The Labute approximate surface area is 225 Å². The van der Waals surface area contributed by atoms with E-state index >= 15 is 0 Å². The van der Waals surface area contributed by atoms with Crippen LogP contribution in [-0.2, 0) is 19.4 Å². The van der Waals surface area contributed by atoms with Crippen molar-refractivity contribution in [1.82, 2.24) is 30.2 Å². The maximum Gasteiger partial charge on any atom is 0.261 e. The van der Waals surface area contributed by atoms with Crippen LogP contribution in [0.4, 0.5) is 5.69 Å². The Morgan fingerprint density at radius 1 is 1.08 bits per heavy atom. The van der Waals surface area contributed by atoms with E-state index in [-0.39, 0.29) is 11.5 Å². The fraction of sp³-hybridized carbons (Fsp3) is 0.267. The number of amides is 1. The third kappa shape index (κ3) is 4.60. The first-order chi connectivity index (χ1) is 19.0. The summed E-state index contributed by atoms with van der Waals surface area (Å²) < 4.78 is 1.82. The van der Waals surface area contributed by atoms with Gasteiger partial charge in [0.15, 0.2) is 0 Å². The first-order valence-electron chi connectivity index (χ1n) is 13.3. The Bertz CT molecular complexity index is 1740. The van der Waals surface area contributed by atoms with E-state index in [1.54, 1.807) is 11.0 Å². The molecule has 3 heterocycles. The van der Waals surface area contributed by atoms with E-state index in [4.69, 9.17) is 4.98 Å². The van der Waals surface area contributed by atoms with Crippen LogP contribution in [0.25, 0.3) is 22.3 Å². The van der Waals surface area contributed by atoms with Gasteiger partial charge in [0.25, 0.3) is 11.5 Å². The van der Waals surface area contributed by atoms with Gasteiger partial charge in [0, 0.05) is 24.2 Å². The minimum Gasteiger partial charge on any atom is -0.308 e. The van der Waals surface area contributed by atoms with Crippen LogP contribution >= 0.6 is 0 Å². The van der Waals surface area contributed by atoms with Crippen LogP contribution in [0.15, 0.2) is 65.5 Å². The van der Waals surface area contributed by atoms with Gasteiger partial charge < -0.3 is 4.90 Å². The highest BCUT2D eigenvalue weighted by molar-refractivity contribution is 6.10. The molecule has 6 rings (SSSR count). The Morgan fingerprint density at radius 2 is 1.95 bits per heavy atom. The lowest BCUT2D eigenvalue weighted by Gasteiger charge is -2.19. The van der Waals surface area contributed by atoms with E-state index in [2.05, 4.69) is 33.6 Å². The predicted octanol–water partition coefficient (Wildman–Crippen LogP) is 4.48. The number of fused-ring (bicyclic) bond motifs is 2. The van der Waals surface area contributed by atoms with Crippen molar-refractivity contribution >= 4 is 22.5 Å². The number of carbonyl (C=O) groups excluding carboxylic acids is 1. The monoisotopic (exact) mass is 519 g/mol. The Kier molecular flexibility index (Phi) is 6.48. The molecule has 5 aromatic rings. The highest BCUT2D eigenvalue weighted by Gasteiger charge is 2.28. The molecule has 0 saturated heterocycles. The fourth-order valence-electron chi connectivity index (χ4n) is 5.30. The molecule has 1 N–H and O–H groups in total. The van der Waals surface area contributed by atoms with Gasteiger partial charge in [-0.3, -0.25) is 14.2 Å². The van der Waals surface area contributed by atoms with Crippen LogP contribution in [0.1, 0.15) is 52.6 Å². The van der Waals surface area contributed by atoms with Gasteiger partial charge in [-0.15, -0.1) is 10.2 Å². The van der Waals surface area contributed by atoms with Crippen LogP contribution in [0.2, 0.25) is 0 Å². The third-order valence-electron chi connectivity index (χ3n) is 7.31. The molecule has 1 aliphatic heterocycles. The average molecular weight is 520 g/mol. The first kappa shape index (κ1) is 24.7. The van der Waals surface area contributed by atoms with Gasteiger partial charge in [-0.05, 0) is 60.4 Å². The Morgan fingerprint density at radius 3 is 2.77 bits per heavy atom. The number of unbranched alkanes of at least 4 members (excludes halogenated alkanes) is 1. The van der Waals surface area contributed by atoms with Gasteiger partial charge in [-0.25, -0.2) is 4.98 Å². The van der Waals surface area contributed by atoms with Crippen LogP contribution < -0.4 is 10.5 Å². The molecule has 3 aromatic carbocycles. The van der Waals surface area contributed by atoms with Crippen molar-refractivity contribution < 1.29 is 4.79 Å². The quantitative estimate of drug-likeness (QED) is 0.340. The predicted molar refractivity (Wildman–Crippen MR) is 150 cm³/mol. The molecule has 1 amide bonds. The molecule has 0 radical (unpaired) electrons. The third-order valence-corrected chi connectivity index (χ3v) is 7.31. The minimum absolute atomic E-state index is 0.00909. The second-order valence-corrected chi connectivity index (χ2v) is 9.99. The summed E-state index contributed by atoms with van der Waals surface area (Å²) in [5, 5.41) is 14.9. The van der Waals surface area contributed by atoms with Gasteiger partial charge in [-0.1, -0.05) is 55.3 Å². The van der Waals surface area contributed by atoms with Crippen molar-refractivity contribution in [3.63, 3.8) is 0 Å². The molecule has 0 saturated carbocycles. The Hall–Kier alpha value is -4.66. The zero-order valence-electron chi connectivity index (χ0n) is 22.0. The number of hydrogen-bond donors (Lipinski definition) is 1. The summed E-state index contributed by atoms with van der Waals surface area (Å²) in [4.78, 5) is 33.9. The largest absolute Gasteiger partial charge is 0.308 e. The summed E-state index contributed by atoms with van der Waals surface area (Å²) in [6, 6.07) is 19.3. The number of H-pyrrole nitrogens is 1. The molecule has 0 fully saturated rings. The standard InChI is InChI=1S/C30H29N7O2/c1-3-4-9-27-31-25-12-10-19(2)16-24(25)30(39)37(27)18-20-11-13-26-21(17-20)14-15-36(26)29(38)23-8-6-5-7-22(23)28-32-34-35-33-28/h5-8,10-13,16-17H,3-4,9,14-15,18H2,1-2H3,(H,32,33,34,35). The number of nitrogens with one attached hydrogen (secondary N) is 1. The van der Waals surface area contributed by atoms with E-state index in [9.17, 15) is 9.59 Å². The van der Waals surface area contributed by atoms with E-state index in [1.807, 2.05) is 60.0 Å². The summed E-state index contributed by atoms with van der Waals surface area (Å²) in [6.45, 7) is 5.15. The fourth-order valence-corrected chi connectivity index (χ4v) is 5.30. The van der Waals surface area contributed by atoms with Crippen molar-refractivity contribution in [1.29, 1.82) is 0 Å². The zero-order chi connectivity index (χ0) is 26.9. The second-order valence-electron chi connectivity index (χ2n) is 9.99. The number of aromatic nitrogens is 6. The summed E-state index contributed by atoms with van der Waals surface area (Å²) in [6.07, 6.45) is 3.49. The molecular formula is C30H29N7O2. The number of anilines is 1. The molecular weight excluding hydrogens is 490 g/mol. The van der Waals surface area contributed by atoms with Crippen LogP contribution in [0.3, 0.4) is 0 Å². The summed E-state index contributed by atoms with van der Waals surface area (Å²) in [5.41, 5.74) is 5.94. The highest BCUT2D eigenvalue weighted by Crippen LogP contribution is 2.32. The lowest BCUT2D eigenvalue weighted by Crippen LogP contribution is -2.29. The van der Waals surface area contributed by atoms with Crippen LogP contribution in [0.5, 0.6) is 0 Å². The number of tetrazole rings is 1. The molecule has 0 spiro atoms. The van der Waals surface area contributed by atoms with Crippen molar-refractivity contribution in [3.05, 3.63) is 99.1 Å². The molecule has 0 bridgehead atoms. The molecule has 0 atom stereocenters. The normalized spacial score (nSPS) is 12.7. The number of benzene rings is 3. The molecule has 0 aliphatic carbocycles. The summed E-state index contributed by atoms with van der Waals surface area (Å²) in [5.74, 6) is 1.10. The number of aromatic amines is 1. The van der Waals surface area contributed by atoms with E-state index in [1.165, 1.54) is 0 Å². The molecule has 9 heteroatoms. The van der Waals surface area contributed by atoms with E-state index < -0.39 is 0 Å². The van der Waals surface area contributed by atoms with Crippen molar-refractivity contribution in [3.8, 4) is 11.4 Å². The van der Waals surface area contributed by atoms with Crippen LogP contribution in [0, 0.1) is 6.92 Å². The zero-order valence-corrected chi connectivity index (χ0v) is 22.0. The molecule has 196 valence electrons. The Balaban J connectivity index is 1.32. The maximum atomic E-state index is 13.6. The summed E-state index contributed by atoms with van der Waals surface area (Å²) >= 11 is 0. The molecule has 2 aromatic heterocycles. The molecule has 1 aliphatic rings. The smallest absolute Gasteiger partial charge is 0.261 e. The van der Waals surface area contributed by atoms with E-state index in [0.29, 0.717) is 35.4 Å². The summed E-state index contributed by atoms with van der Waals surface area (Å²) in [7, 11) is 0. The number of rotatable bonds is 7. The lowest BCUT2D eigenvalue weighted by molar-refractivity contribution is 0.0990. The first-order valence-corrected chi connectivity index (χ1v) is 13.3. The number of nitrogens with zero attached hydrogens (tertiary/aromatic N) is 6. The highest BCUT2D eigenvalue weighted by atomic mass is 16.2. The topological polar surface area (TPSA) is 110 Å². The lowest BCUT2D eigenvalue weighted by atomic mass is 10.1. The number of carbonyl (C=O) groups is 1. The van der Waals surface area contributed by atoms with E-state index in [0.717, 1.165) is 59.4 Å². The van der Waals surface area contributed by atoms with Crippen molar-refractivity contribution in [2.45, 2.75) is 46.1 Å². The van der Waals surface area contributed by atoms with Gasteiger partial charge in [0.05, 0.1) is 23.0 Å². The molecule has 9 nitrogen and oxygen atoms in total. The molecule has 39 heavy (non-hydrogen) atoms. The van der Waals surface area contributed by atoms with Gasteiger partial charge in [0.2, 0.25) is 5.82 Å². The minimum atomic E-state index is -0.103.